The molecule has 3 rings (SSSR count). The first kappa shape index (κ1) is 24.0. The molecule has 2 N–H and O–H groups in total. The molecule has 0 radical (unpaired) electrons. The van der Waals surface area contributed by atoms with Crippen LogP contribution in [0.4, 0.5) is 10.5 Å². The van der Waals surface area contributed by atoms with Gasteiger partial charge in [-0.25, -0.2) is 13.2 Å². The first-order valence-corrected chi connectivity index (χ1v) is 12.4. The lowest BCUT2D eigenvalue weighted by Crippen LogP contribution is -2.44. The number of fused-ring (bicyclic) bond motifs is 3. The van der Waals surface area contributed by atoms with Crippen LogP contribution >= 0.6 is 11.3 Å². The van der Waals surface area contributed by atoms with Crippen molar-refractivity contribution >= 4 is 59.3 Å². The Labute approximate surface area is 190 Å². The Morgan fingerprint density at radius 3 is 2.19 bits per heavy atom. The van der Waals surface area contributed by atoms with Crippen LogP contribution in [0.2, 0.25) is 0 Å². The van der Waals surface area contributed by atoms with E-state index in [1.165, 1.54) is 28.4 Å². The SMILES string of the molecule is CC(C)OC(=O)N(C)c1ccc2c(c1)sc1cc(S(=O)(=O)N[C@H](C(=O)O)C(C)C)ccc12. The Morgan fingerprint density at radius 2 is 1.62 bits per heavy atom. The lowest BCUT2D eigenvalue weighted by Gasteiger charge is -2.18. The number of anilines is 1. The second kappa shape index (κ2) is 9.05. The molecular formula is C22H26N2O6S2. The van der Waals surface area contributed by atoms with E-state index in [0.717, 1.165) is 20.2 Å². The van der Waals surface area contributed by atoms with Crippen LogP contribution in [0.1, 0.15) is 27.7 Å². The molecule has 0 fully saturated rings. The highest BCUT2D eigenvalue weighted by Crippen LogP contribution is 2.37. The normalized spacial score (nSPS) is 13.1. The van der Waals surface area contributed by atoms with Crippen LogP contribution in [-0.2, 0) is 19.6 Å². The molecule has 1 atom stereocenters. The molecule has 8 nitrogen and oxygen atoms in total. The van der Waals surface area contributed by atoms with E-state index in [4.69, 9.17) is 4.74 Å². The highest BCUT2D eigenvalue weighted by atomic mass is 32.2. The van der Waals surface area contributed by atoms with E-state index in [2.05, 4.69) is 4.72 Å². The van der Waals surface area contributed by atoms with Gasteiger partial charge in [-0.05, 0) is 44.0 Å². The van der Waals surface area contributed by atoms with Gasteiger partial charge in [0, 0.05) is 32.9 Å². The summed E-state index contributed by atoms with van der Waals surface area (Å²) in [5.74, 6) is -1.63. The van der Waals surface area contributed by atoms with E-state index in [1.807, 2.05) is 18.2 Å². The van der Waals surface area contributed by atoms with Gasteiger partial charge in [0.05, 0.1) is 11.0 Å². The lowest BCUT2D eigenvalue weighted by molar-refractivity contribution is -0.140. The molecule has 0 saturated carbocycles. The molecule has 2 aromatic carbocycles. The molecular weight excluding hydrogens is 452 g/mol. The summed E-state index contributed by atoms with van der Waals surface area (Å²) >= 11 is 1.39. The van der Waals surface area contributed by atoms with Crippen LogP contribution in [0, 0.1) is 5.92 Å². The van der Waals surface area contributed by atoms with E-state index in [1.54, 1.807) is 40.8 Å². The number of rotatable bonds is 7. The van der Waals surface area contributed by atoms with Crippen LogP contribution in [0.25, 0.3) is 20.2 Å². The molecule has 0 unspecified atom stereocenters. The maximum atomic E-state index is 12.8. The summed E-state index contributed by atoms with van der Waals surface area (Å²) in [4.78, 5) is 25.0. The van der Waals surface area contributed by atoms with Gasteiger partial charge in [0.15, 0.2) is 0 Å². The minimum atomic E-state index is -4.02. The summed E-state index contributed by atoms with van der Waals surface area (Å²) in [5.41, 5.74) is 0.658. The molecule has 0 aliphatic heterocycles. The number of thiophene rings is 1. The fraction of sp³-hybridized carbons (Fsp3) is 0.364. The maximum Gasteiger partial charge on any atom is 0.414 e. The van der Waals surface area contributed by atoms with Crippen LogP contribution in [0.3, 0.4) is 0 Å². The Morgan fingerprint density at radius 1 is 1.03 bits per heavy atom. The van der Waals surface area contributed by atoms with Gasteiger partial charge in [-0.15, -0.1) is 11.3 Å². The lowest BCUT2D eigenvalue weighted by atomic mass is 10.1. The van der Waals surface area contributed by atoms with E-state index >= 15 is 0 Å². The van der Waals surface area contributed by atoms with Gasteiger partial charge in [0.25, 0.3) is 0 Å². The number of carboxylic acid groups (broad SMARTS) is 1. The van der Waals surface area contributed by atoms with E-state index in [9.17, 15) is 23.1 Å². The van der Waals surface area contributed by atoms with Gasteiger partial charge in [0.2, 0.25) is 10.0 Å². The highest BCUT2D eigenvalue weighted by molar-refractivity contribution is 7.89. The number of sulfonamides is 1. The molecule has 0 aliphatic rings. The third-order valence-electron chi connectivity index (χ3n) is 4.95. The maximum absolute atomic E-state index is 12.8. The van der Waals surface area contributed by atoms with Gasteiger partial charge < -0.3 is 9.84 Å². The Hall–Kier alpha value is -2.69. The van der Waals surface area contributed by atoms with Gasteiger partial charge in [-0.2, -0.15) is 4.72 Å². The minimum Gasteiger partial charge on any atom is -0.480 e. The summed E-state index contributed by atoms with van der Waals surface area (Å²) < 4.78 is 34.7. The van der Waals surface area contributed by atoms with Crippen molar-refractivity contribution in [3.05, 3.63) is 36.4 Å². The Bertz CT molecular complexity index is 1280. The predicted molar refractivity (Wildman–Crippen MR) is 126 cm³/mol. The minimum absolute atomic E-state index is 0.00121. The van der Waals surface area contributed by atoms with E-state index < -0.39 is 34.0 Å². The third-order valence-corrected chi connectivity index (χ3v) is 7.51. The molecule has 172 valence electrons. The summed E-state index contributed by atoms with van der Waals surface area (Å²) in [6, 6.07) is 9.05. The molecule has 1 heterocycles. The van der Waals surface area contributed by atoms with Crippen molar-refractivity contribution in [1.82, 2.24) is 4.72 Å². The van der Waals surface area contributed by atoms with E-state index in [-0.39, 0.29) is 11.0 Å². The number of amides is 1. The monoisotopic (exact) mass is 478 g/mol. The number of carbonyl (C=O) groups excluding carboxylic acids is 1. The number of nitrogens with one attached hydrogen (secondary N) is 1. The molecule has 10 heteroatoms. The Kier molecular flexibility index (Phi) is 6.77. The van der Waals surface area contributed by atoms with Gasteiger partial charge >= 0.3 is 12.1 Å². The summed E-state index contributed by atoms with van der Waals surface area (Å²) in [6.07, 6.45) is -0.693. The zero-order valence-corrected chi connectivity index (χ0v) is 20.1. The number of hydrogen-bond donors (Lipinski definition) is 2. The first-order valence-electron chi connectivity index (χ1n) is 10.1. The second-order valence-electron chi connectivity index (χ2n) is 8.11. The van der Waals surface area contributed by atoms with Crippen molar-refractivity contribution in [3.63, 3.8) is 0 Å². The number of carboxylic acids is 1. The van der Waals surface area contributed by atoms with Crippen LogP contribution < -0.4 is 9.62 Å². The molecule has 3 aromatic rings. The largest absolute Gasteiger partial charge is 0.480 e. The summed E-state index contributed by atoms with van der Waals surface area (Å²) in [6.45, 7) is 6.84. The van der Waals surface area contributed by atoms with Crippen molar-refractivity contribution in [2.45, 2.75) is 44.7 Å². The predicted octanol–water partition coefficient (Wildman–Crippen LogP) is 4.42. The molecule has 0 bridgehead atoms. The molecule has 0 aliphatic carbocycles. The van der Waals surface area contributed by atoms with Gasteiger partial charge in [-0.1, -0.05) is 26.0 Å². The fourth-order valence-corrected chi connectivity index (χ4v) is 5.83. The number of carbonyl (C=O) groups is 2. The van der Waals surface area contributed by atoms with Crippen LogP contribution in [0.5, 0.6) is 0 Å². The molecule has 1 amide bonds. The standard InChI is InChI=1S/C22H26N2O6S2/c1-12(2)20(21(25)26)23-32(28,29)15-7-9-17-16-8-6-14(10-18(16)31-19(17)11-15)24(5)22(27)30-13(3)4/h6-13,20,23H,1-5H3,(H,25,26)/t20-/m0/s1. The van der Waals surface area contributed by atoms with Crippen molar-refractivity contribution in [1.29, 1.82) is 0 Å². The third kappa shape index (κ3) is 4.87. The van der Waals surface area contributed by atoms with Gasteiger partial charge in [0.1, 0.15) is 6.04 Å². The molecule has 0 saturated heterocycles. The first-order chi connectivity index (χ1) is 14.9. The van der Waals surface area contributed by atoms with Crippen molar-refractivity contribution in [2.24, 2.45) is 5.92 Å². The summed E-state index contributed by atoms with van der Waals surface area (Å²) in [5, 5.41) is 11.1. The van der Waals surface area contributed by atoms with Crippen molar-refractivity contribution in [2.75, 3.05) is 11.9 Å². The van der Waals surface area contributed by atoms with Crippen molar-refractivity contribution in [3.8, 4) is 0 Å². The molecule has 0 spiro atoms. The Balaban J connectivity index is 1.98. The number of hydrogen-bond acceptors (Lipinski definition) is 6. The van der Waals surface area contributed by atoms with Crippen LogP contribution in [-0.4, -0.2) is 44.8 Å². The quantitative estimate of drug-likeness (QED) is 0.520. The fourth-order valence-electron chi connectivity index (χ4n) is 3.21. The summed E-state index contributed by atoms with van der Waals surface area (Å²) in [7, 11) is -2.39. The number of aliphatic carboxylic acids is 1. The van der Waals surface area contributed by atoms with E-state index in [0.29, 0.717) is 5.69 Å². The number of ether oxygens (including phenoxy) is 1. The smallest absolute Gasteiger partial charge is 0.414 e. The topological polar surface area (TPSA) is 113 Å². The second-order valence-corrected chi connectivity index (χ2v) is 10.9. The average Bonchev–Trinajstić information content (AvgIpc) is 3.07. The zero-order valence-electron chi connectivity index (χ0n) is 18.4. The zero-order chi connectivity index (χ0) is 23.8. The molecule has 32 heavy (non-hydrogen) atoms. The van der Waals surface area contributed by atoms with Crippen molar-refractivity contribution < 1.29 is 27.9 Å². The van der Waals surface area contributed by atoms with Crippen LogP contribution in [0.15, 0.2) is 41.3 Å². The average molecular weight is 479 g/mol. The highest BCUT2D eigenvalue weighted by Gasteiger charge is 2.28. The number of nitrogens with zero attached hydrogens (tertiary/aromatic N) is 1. The number of benzene rings is 2. The molecule has 1 aromatic heterocycles. The van der Waals surface area contributed by atoms with Gasteiger partial charge in [-0.3, -0.25) is 9.69 Å².